The predicted octanol–water partition coefficient (Wildman–Crippen LogP) is 5.01. The van der Waals surface area contributed by atoms with Gasteiger partial charge in [0.15, 0.2) is 10.2 Å². The van der Waals surface area contributed by atoms with Crippen molar-refractivity contribution in [2.75, 3.05) is 10.6 Å². The summed E-state index contributed by atoms with van der Waals surface area (Å²) in [5.74, 6) is 0. The average molecular weight is 388 g/mol. The number of thiazole rings is 1. The Labute approximate surface area is 157 Å². The molecule has 1 aromatic heterocycles. The van der Waals surface area contributed by atoms with E-state index < -0.39 is 4.92 Å². The number of aromatic nitrogens is 1. The number of thiocarbonyl (C=S) groups is 1. The van der Waals surface area contributed by atoms with Crippen LogP contribution in [0.1, 0.15) is 0 Å². The molecule has 1 heterocycles. The van der Waals surface area contributed by atoms with Crippen molar-refractivity contribution in [2.45, 2.75) is 9.10 Å². The summed E-state index contributed by atoms with van der Waals surface area (Å²) in [5, 5.41) is 17.7. The van der Waals surface area contributed by atoms with E-state index in [2.05, 4.69) is 15.6 Å². The smallest absolute Gasteiger partial charge is 0.269 e. The van der Waals surface area contributed by atoms with E-state index in [0.717, 1.165) is 9.10 Å². The van der Waals surface area contributed by atoms with Crippen molar-refractivity contribution in [3.05, 3.63) is 70.9 Å². The highest BCUT2D eigenvalue weighted by molar-refractivity contribution is 8.01. The monoisotopic (exact) mass is 388 g/mol. The Bertz CT molecular complexity index is 882. The van der Waals surface area contributed by atoms with Gasteiger partial charge in [0.05, 0.1) is 15.3 Å². The van der Waals surface area contributed by atoms with Crippen molar-refractivity contribution < 1.29 is 4.92 Å². The zero-order valence-corrected chi connectivity index (χ0v) is 15.2. The molecule has 0 atom stereocenters. The van der Waals surface area contributed by atoms with Crippen molar-refractivity contribution in [3.63, 3.8) is 0 Å². The first-order valence-electron chi connectivity index (χ1n) is 7.11. The van der Waals surface area contributed by atoms with E-state index in [-0.39, 0.29) is 5.69 Å². The van der Waals surface area contributed by atoms with Crippen LogP contribution in [0.15, 0.2) is 69.9 Å². The van der Waals surface area contributed by atoms with Gasteiger partial charge >= 0.3 is 0 Å². The molecule has 126 valence electrons. The Morgan fingerprint density at radius 1 is 1.12 bits per heavy atom. The Hall–Kier alpha value is -2.49. The van der Waals surface area contributed by atoms with Gasteiger partial charge in [-0.15, -0.1) is 0 Å². The highest BCUT2D eigenvalue weighted by Gasteiger charge is 2.07. The number of nitrogens with zero attached hydrogens (tertiary/aromatic N) is 2. The van der Waals surface area contributed by atoms with E-state index in [1.165, 1.54) is 23.5 Å². The zero-order valence-electron chi connectivity index (χ0n) is 12.7. The largest absolute Gasteiger partial charge is 0.332 e. The third kappa shape index (κ3) is 4.99. The van der Waals surface area contributed by atoms with Crippen LogP contribution in [0.3, 0.4) is 0 Å². The lowest BCUT2D eigenvalue weighted by molar-refractivity contribution is -0.384. The fourth-order valence-electron chi connectivity index (χ4n) is 1.89. The van der Waals surface area contributed by atoms with Crippen molar-refractivity contribution in [1.82, 2.24) is 4.98 Å². The predicted molar refractivity (Wildman–Crippen MR) is 106 cm³/mol. The summed E-state index contributed by atoms with van der Waals surface area (Å²) in [7, 11) is 0. The van der Waals surface area contributed by atoms with Gasteiger partial charge in [0.2, 0.25) is 0 Å². The maximum Gasteiger partial charge on any atom is 0.269 e. The molecule has 3 aromatic rings. The van der Waals surface area contributed by atoms with Crippen LogP contribution in [0, 0.1) is 10.1 Å². The van der Waals surface area contributed by atoms with Gasteiger partial charge in [0, 0.05) is 22.7 Å². The molecule has 25 heavy (non-hydrogen) atoms. The molecule has 0 aliphatic carbocycles. The molecule has 0 bridgehead atoms. The number of benzene rings is 2. The number of non-ortho nitro benzene ring substituents is 1. The Morgan fingerprint density at radius 2 is 1.84 bits per heavy atom. The molecule has 9 heteroatoms. The van der Waals surface area contributed by atoms with Gasteiger partial charge in [-0.05, 0) is 36.5 Å². The Balaban J connectivity index is 1.57. The highest BCUT2D eigenvalue weighted by Crippen LogP contribution is 2.33. The minimum atomic E-state index is -0.443. The van der Waals surface area contributed by atoms with Crippen LogP contribution in [0.4, 0.5) is 16.5 Å². The van der Waals surface area contributed by atoms with E-state index >= 15 is 0 Å². The summed E-state index contributed by atoms with van der Waals surface area (Å²) in [6.07, 6.45) is 1.79. The van der Waals surface area contributed by atoms with Crippen LogP contribution in [0.5, 0.6) is 0 Å². The Kier molecular flexibility index (Phi) is 5.59. The Morgan fingerprint density at radius 3 is 2.52 bits per heavy atom. The molecule has 6 nitrogen and oxygen atoms in total. The van der Waals surface area contributed by atoms with Crippen LogP contribution in [0.25, 0.3) is 0 Å². The lowest BCUT2D eigenvalue weighted by Crippen LogP contribution is -2.18. The quantitative estimate of drug-likeness (QED) is 0.361. The van der Waals surface area contributed by atoms with E-state index in [9.17, 15) is 10.1 Å². The highest BCUT2D eigenvalue weighted by atomic mass is 32.2. The standard InChI is InChI=1S/C16H12N4O2S3/c21-20(22)12-8-6-11(7-9-12)18-15(23)19-16-17-10-14(25-16)24-13-4-2-1-3-5-13/h1-10H,(H2,17,18,19,23). The first-order chi connectivity index (χ1) is 12.1. The minimum Gasteiger partial charge on any atom is -0.332 e. The molecule has 0 unspecified atom stereocenters. The van der Waals surface area contributed by atoms with Crippen LogP contribution in [0.2, 0.25) is 0 Å². The van der Waals surface area contributed by atoms with Crippen LogP contribution >= 0.6 is 35.3 Å². The van der Waals surface area contributed by atoms with Gasteiger partial charge in [-0.25, -0.2) is 4.98 Å². The van der Waals surface area contributed by atoms with E-state index in [0.29, 0.717) is 15.9 Å². The molecule has 0 fully saturated rings. The molecular weight excluding hydrogens is 376 g/mol. The van der Waals surface area contributed by atoms with Gasteiger partial charge in [0.1, 0.15) is 0 Å². The van der Waals surface area contributed by atoms with E-state index in [1.54, 1.807) is 30.1 Å². The molecule has 2 aromatic carbocycles. The summed E-state index contributed by atoms with van der Waals surface area (Å²) in [6, 6.07) is 16.1. The van der Waals surface area contributed by atoms with Crippen molar-refractivity contribution in [3.8, 4) is 0 Å². The first kappa shape index (κ1) is 17.3. The lowest BCUT2D eigenvalue weighted by atomic mass is 10.3. The second-order valence-electron chi connectivity index (χ2n) is 4.78. The number of anilines is 2. The van der Waals surface area contributed by atoms with Crippen molar-refractivity contribution in [2.24, 2.45) is 0 Å². The summed E-state index contributed by atoms with van der Waals surface area (Å²) >= 11 is 8.37. The van der Waals surface area contributed by atoms with Crippen LogP contribution in [-0.4, -0.2) is 15.0 Å². The average Bonchev–Trinajstić information content (AvgIpc) is 3.03. The number of nitro benzene ring substituents is 1. The maximum absolute atomic E-state index is 10.6. The van der Waals surface area contributed by atoms with Crippen LogP contribution in [-0.2, 0) is 0 Å². The summed E-state index contributed by atoms with van der Waals surface area (Å²) in [4.78, 5) is 15.6. The number of hydrogen-bond donors (Lipinski definition) is 2. The van der Waals surface area contributed by atoms with Gasteiger partial charge in [-0.3, -0.25) is 10.1 Å². The fraction of sp³-hybridized carbons (Fsp3) is 0. The summed E-state index contributed by atoms with van der Waals surface area (Å²) in [5.41, 5.74) is 0.700. The zero-order chi connectivity index (χ0) is 17.6. The third-order valence-electron chi connectivity index (χ3n) is 3.00. The molecule has 0 saturated heterocycles. The van der Waals surface area contributed by atoms with Crippen molar-refractivity contribution in [1.29, 1.82) is 0 Å². The van der Waals surface area contributed by atoms with Gasteiger partial charge < -0.3 is 10.6 Å². The fourth-order valence-corrected chi connectivity index (χ4v) is 4.05. The van der Waals surface area contributed by atoms with Gasteiger partial charge in [-0.2, -0.15) is 0 Å². The normalized spacial score (nSPS) is 10.2. The van der Waals surface area contributed by atoms with E-state index in [4.69, 9.17) is 12.2 Å². The topological polar surface area (TPSA) is 80.1 Å². The lowest BCUT2D eigenvalue weighted by Gasteiger charge is -2.07. The molecule has 3 rings (SSSR count). The second-order valence-corrected chi connectivity index (χ2v) is 7.60. The summed E-state index contributed by atoms with van der Waals surface area (Å²) < 4.78 is 1.05. The van der Waals surface area contributed by atoms with E-state index in [1.807, 2.05) is 30.3 Å². The summed E-state index contributed by atoms with van der Waals surface area (Å²) in [6.45, 7) is 0. The molecule has 0 aliphatic heterocycles. The molecule has 0 radical (unpaired) electrons. The maximum atomic E-state index is 10.6. The minimum absolute atomic E-state index is 0.0342. The third-order valence-corrected chi connectivity index (χ3v) is 5.23. The molecule has 0 saturated carbocycles. The number of hydrogen-bond acceptors (Lipinski definition) is 6. The number of nitrogens with one attached hydrogen (secondary N) is 2. The molecule has 2 N–H and O–H groups in total. The van der Waals surface area contributed by atoms with Crippen LogP contribution < -0.4 is 10.6 Å². The molecule has 0 aliphatic rings. The molecule has 0 spiro atoms. The van der Waals surface area contributed by atoms with Gasteiger partial charge in [-0.1, -0.05) is 41.3 Å². The SMILES string of the molecule is O=[N+]([O-])c1ccc(NC(=S)Nc2ncc(Sc3ccccc3)s2)cc1. The van der Waals surface area contributed by atoms with Gasteiger partial charge in [0.25, 0.3) is 5.69 Å². The number of rotatable bonds is 5. The first-order valence-corrected chi connectivity index (χ1v) is 9.15. The number of nitro groups is 1. The molecular formula is C16H12N4O2S3. The second kappa shape index (κ2) is 8.06. The van der Waals surface area contributed by atoms with Crippen molar-refractivity contribution >= 4 is 56.9 Å². The molecule has 0 amide bonds.